The summed E-state index contributed by atoms with van der Waals surface area (Å²) in [6.45, 7) is 5.57. The van der Waals surface area contributed by atoms with Gasteiger partial charge in [-0.2, -0.15) is 10.4 Å². The van der Waals surface area contributed by atoms with Crippen LogP contribution >= 0.6 is 0 Å². The quantitative estimate of drug-likeness (QED) is 0.890. The normalized spacial score (nSPS) is 20.1. The van der Waals surface area contributed by atoms with E-state index in [0.29, 0.717) is 5.56 Å². The van der Waals surface area contributed by atoms with E-state index in [0.717, 1.165) is 42.3 Å². The van der Waals surface area contributed by atoms with Crippen LogP contribution in [0.1, 0.15) is 52.0 Å². The largest absolute Gasteiger partial charge is 0.490 e. The van der Waals surface area contributed by atoms with Crippen molar-refractivity contribution in [3.05, 3.63) is 23.9 Å². The number of aryl methyl sites for hydroxylation is 1. The van der Waals surface area contributed by atoms with Crippen LogP contribution in [0.5, 0.6) is 5.75 Å². The summed E-state index contributed by atoms with van der Waals surface area (Å²) in [5.74, 6) is 0.751. The highest BCUT2D eigenvalue weighted by molar-refractivity contribution is 5.89. The molecule has 1 amide bonds. The molecular formula is C20H26N4O3. The number of nitrogens with one attached hydrogen (secondary N) is 1. The van der Waals surface area contributed by atoms with Gasteiger partial charge in [0.05, 0.1) is 28.8 Å². The first-order valence-electron chi connectivity index (χ1n) is 9.28. The Morgan fingerprint density at radius 1 is 1.30 bits per heavy atom. The fourth-order valence-corrected chi connectivity index (χ4v) is 3.44. The third kappa shape index (κ3) is 4.51. The van der Waals surface area contributed by atoms with E-state index in [1.54, 1.807) is 16.9 Å². The number of amides is 1. The molecule has 1 heterocycles. The van der Waals surface area contributed by atoms with Crippen LogP contribution < -0.4 is 10.1 Å². The number of fused-ring (bicyclic) bond motifs is 1. The maximum atomic E-state index is 11.9. The van der Waals surface area contributed by atoms with Gasteiger partial charge >= 0.3 is 6.09 Å². The van der Waals surface area contributed by atoms with Crippen molar-refractivity contribution in [2.75, 3.05) is 0 Å². The van der Waals surface area contributed by atoms with Crippen LogP contribution in [0, 0.1) is 11.3 Å². The van der Waals surface area contributed by atoms with E-state index in [1.807, 2.05) is 33.9 Å². The van der Waals surface area contributed by atoms with Crippen molar-refractivity contribution in [3.8, 4) is 11.8 Å². The summed E-state index contributed by atoms with van der Waals surface area (Å²) in [7, 11) is 1.82. The Bertz CT molecular complexity index is 868. The highest BCUT2D eigenvalue weighted by Crippen LogP contribution is 2.31. The molecule has 0 unspecified atom stereocenters. The summed E-state index contributed by atoms with van der Waals surface area (Å²) < 4.78 is 13.2. The van der Waals surface area contributed by atoms with Gasteiger partial charge in [-0.25, -0.2) is 4.79 Å². The van der Waals surface area contributed by atoms with Crippen molar-refractivity contribution < 1.29 is 14.3 Å². The van der Waals surface area contributed by atoms with E-state index >= 15 is 0 Å². The fraction of sp³-hybridized carbons (Fsp3) is 0.550. The lowest BCUT2D eigenvalue weighted by Crippen LogP contribution is -2.42. The van der Waals surface area contributed by atoms with E-state index in [1.165, 1.54) is 0 Å². The second-order valence-electron chi connectivity index (χ2n) is 7.99. The summed E-state index contributed by atoms with van der Waals surface area (Å²) in [4.78, 5) is 11.9. The van der Waals surface area contributed by atoms with Crippen LogP contribution in [0.25, 0.3) is 10.9 Å². The molecular weight excluding hydrogens is 344 g/mol. The fourth-order valence-electron chi connectivity index (χ4n) is 3.44. The van der Waals surface area contributed by atoms with Gasteiger partial charge in [0.15, 0.2) is 0 Å². The average Bonchev–Trinajstić information content (AvgIpc) is 2.98. The van der Waals surface area contributed by atoms with Crippen molar-refractivity contribution in [1.29, 1.82) is 5.26 Å². The van der Waals surface area contributed by atoms with Gasteiger partial charge in [0.1, 0.15) is 17.4 Å². The Hall–Kier alpha value is -2.75. The van der Waals surface area contributed by atoms with Gasteiger partial charge in [0, 0.05) is 13.1 Å². The first kappa shape index (κ1) is 19.0. The van der Waals surface area contributed by atoms with Crippen LogP contribution in [-0.4, -0.2) is 33.6 Å². The topological polar surface area (TPSA) is 89.2 Å². The summed E-state index contributed by atoms with van der Waals surface area (Å²) in [5, 5.41) is 17.3. The van der Waals surface area contributed by atoms with E-state index in [2.05, 4.69) is 16.5 Å². The number of alkyl carbamates (subject to hydrolysis) is 1. The van der Waals surface area contributed by atoms with Gasteiger partial charge < -0.3 is 14.8 Å². The Balaban J connectivity index is 1.60. The molecule has 0 atom stereocenters. The molecule has 0 saturated heterocycles. The first-order chi connectivity index (χ1) is 12.8. The molecule has 1 aromatic carbocycles. The number of nitrogens with zero attached hydrogens (tertiary/aromatic N) is 3. The zero-order chi connectivity index (χ0) is 19.6. The maximum absolute atomic E-state index is 11.9. The van der Waals surface area contributed by atoms with Crippen LogP contribution in [0.3, 0.4) is 0 Å². The molecule has 2 aromatic rings. The molecule has 27 heavy (non-hydrogen) atoms. The Morgan fingerprint density at radius 3 is 2.63 bits per heavy atom. The van der Waals surface area contributed by atoms with Gasteiger partial charge in [0.25, 0.3) is 0 Å². The van der Waals surface area contributed by atoms with Crippen molar-refractivity contribution in [2.45, 2.75) is 64.2 Å². The minimum absolute atomic E-state index is 0.0815. The number of rotatable bonds is 3. The van der Waals surface area contributed by atoms with Gasteiger partial charge in [-0.1, -0.05) is 0 Å². The molecule has 7 nitrogen and oxygen atoms in total. The molecule has 0 spiro atoms. The standard InChI is InChI=1S/C20H26N4O3/c1-20(2,3)27-19(25)23-14-6-8-15(9-7-14)26-17-10-5-13(11-21)18-16(17)12-22-24(18)4/h5,10,12,14-15H,6-9H2,1-4H3,(H,23,25). The van der Waals surface area contributed by atoms with Crippen LogP contribution in [-0.2, 0) is 11.8 Å². The summed E-state index contributed by atoms with van der Waals surface area (Å²) >= 11 is 0. The molecule has 1 N–H and O–H groups in total. The van der Waals surface area contributed by atoms with Crippen molar-refractivity contribution >= 4 is 17.0 Å². The third-order valence-corrected chi connectivity index (χ3v) is 4.67. The number of ether oxygens (including phenoxy) is 2. The lowest BCUT2D eigenvalue weighted by atomic mass is 9.93. The van der Waals surface area contributed by atoms with E-state index in [-0.39, 0.29) is 18.2 Å². The molecule has 0 radical (unpaired) electrons. The number of aromatic nitrogens is 2. The van der Waals surface area contributed by atoms with Gasteiger partial charge in [-0.05, 0) is 58.6 Å². The highest BCUT2D eigenvalue weighted by Gasteiger charge is 2.26. The molecule has 1 aliphatic rings. The summed E-state index contributed by atoms with van der Waals surface area (Å²) in [5.41, 5.74) is 0.882. The van der Waals surface area contributed by atoms with Crippen molar-refractivity contribution in [2.24, 2.45) is 7.05 Å². The number of hydrogen-bond donors (Lipinski definition) is 1. The number of carbonyl (C=O) groups is 1. The number of benzene rings is 1. The van der Waals surface area contributed by atoms with Gasteiger partial charge in [-0.15, -0.1) is 0 Å². The number of nitriles is 1. The van der Waals surface area contributed by atoms with E-state index in [9.17, 15) is 10.1 Å². The predicted octanol–water partition coefficient (Wildman–Crippen LogP) is 3.66. The van der Waals surface area contributed by atoms with Crippen LogP contribution in [0.15, 0.2) is 18.3 Å². The molecule has 144 valence electrons. The van der Waals surface area contributed by atoms with Crippen LogP contribution in [0.2, 0.25) is 0 Å². The molecule has 1 fully saturated rings. The highest BCUT2D eigenvalue weighted by atomic mass is 16.6. The first-order valence-corrected chi connectivity index (χ1v) is 9.28. The molecule has 7 heteroatoms. The smallest absolute Gasteiger partial charge is 0.407 e. The van der Waals surface area contributed by atoms with Crippen molar-refractivity contribution in [3.63, 3.8) is 0 Å². The molecule has 0 aliphatic heterocycles. The second-order valence-corrected chi connectivity index (χ2v) is 7.99. The Kier molecular flexibility index (Phi) is 5.26. The second kappa shape index (κ2) is 7.47. The summed E-state index contributed by atoms with van der Waals surface area (Å²) in [6, 6.07) is 5.92. The van der Waals surface area contributed by atoms with Crippen LogP contribution in [0.4, 0.5) is 4.79 Å². The monoisotopic (exact) mass is 370 g/mol. The maximum Gasteiger partial charge on any atom is 0.407 e. The van der Waals surface area contributed by atoms with E-state index < -0.39 is 5.60 Å². The molecule has 1 aliphatic carbocycles. The average molecular weight is 370 g/mol. The van der Waals surface area contributed by atoms with E-state index in [4.69, 9.17) is 9.47 Å². The lowest BCUT2D eigenvalue weighted by Gasteiger charge is -2.30. The van der Waals surface area contributed by atoms with Gasteiger partial charge in [0.2, 0.25) is 0 Å². The number of carbonyl (C=O) groups excluding carboxylic acids is 1. The molecule has 0 bridgehead atoms. The SMILES string of the molecule is Cn1ncc2c(OC3CCC(NC(=O)OC(C)(C)C)CC3)ccc(C#N)c21. The third-order valence-electron chi connectivity index (χ3n) is 4.67. The zero-order valence-corrected chi connectivity index (χ0v) is 16.3. The Morgan fingerprint density at radius 2 is 2.00 bits per heavy atom. The van der Waals surface area contributed by atoms with Gasteiger partial charge in [-0.3, -0.25) is 4.68 Å². The summed E-state index contributed by atoms with van der Waals surface area (Å²) in [6.07, 6.45) is 4.84. The molecule has 1 aromatic heterocycles. The minimum Gasteiger partial charge on any atom is -0.490 e. The number of hydrogen-bond acceptors (Lipinski definition) is 5. The minimum atomic E-state index is -0.491. The Labute approximate surface area is 159 Å². The lowest BCUT2D eigenvalue weighted by molar-refractivity contribution is 0.0471. The molecule has 1 saturated carbocycles. The predicted molar refractivity (Wildman–Crippen MR) is 101 cm³/mol. The zero-order valence-electron chi connectivity index (χ0n) is 16.3. The van der Waals surface area contributed by atoms with Crippen molar-refractivity contribution in [1.82, 2.24) is 15.1 Å². The molecule has 3 rings (SSSR count).